The molecule has 2 aromatic rings. The Morgan fingerprint density at radius 1 is 1.45 bits per heavy atom. The van der Waals surface area contributed by atoms with Crippen LogP contribution in [-0.4, -0.2) is 10.8 Å². The Balaban J connectivity index is 2.31. The highest BCUT2D eigenvalue weighted by Gasteiger charge is 2.19. The highest BCUT2D eigenvalue weighted by Crippen LogP contribution is 2.30. The first-order valence-corrected chi connectivity index (χ1v) is 8.04. The Labute approximate surface area is 136 Å². The topological polar surface area (TPSA) is 82.5 Å². The van der Waals surface area contributed by atoms with E-state index in [0.29, 0.717) is 34.4 Å². The van der Waals surface area contributed by atoms with Crippen molar-refractivity contribution in [3.63, 3.8) is 0 Å². The SMILES string of the molecule is CCCCC(Br)C(=O)Oc1ccc2c(N)cc(=O)oc2c1C. The number of halogens is 1. The van der Waals surface area contributed by atoms with Crippen molar-refractivity contribution in [1.82, 2.24) is 0 Å². The first-order valence-electron chi connectivity index (χ1n) is 7.12. The van der Waals surface area contributed by atoms with Crippen LogP contribution in [0.3, 0.4) is 0 Å². The summed E-state index contributed by atoms with van der Waals surface area (Å²) in [6, 6.07) is 4.57. The molecule has 0 amide bonds. The van der Waals surface area contributed by atoms with E-state index in [-0.39, 0.29) is 10.8 Å². The van der Waals surface area contributed by atoms with E-state index in [0.717, 1.165) is 12.8 Å². The number of anilines is 1. The fourth-order valence-electron chi connectivity index (χ4n) is 2.15. The molecule has 5 nitrogen and oxygen atoms in total. The number of aryl methyl sites for hydroxylation is 1. The number of nitrogens with two attached hydrogens (primary N) is 1. The summed E-state index contributed by atoms with van der Waals surface area (Å²) in [7, 11) is 0. The normalized spacial score (nSPS) is 12.3. The van der Waals surface area contributed by atoms with Gasteiger partial charge in [0.2, 0.25) is 0 Å². The summed E-state index contributed by atoms with van der Waals surface area (Å²) in [5, 5.41) is 0.623. The van der Waals surface area contributed by atoms with E-state index in [9.17, 15) is 9.59 Å². The van der Waals surface area contributed by atoms with Crippen molar-refractivity contribution in [1.29, 1.82) is 0 Å². The standard InChI is InChI=1S/C16H18BrNO4/c1-3-4-5-11(17)16(20)21-13-7-6-10-12(18)8-14(19)22-15(10)9(13)2/h6-8,11H,3-5,18H2,1-2H3. The fourth-order valence-corrected chi connectivity index (χ4v) is 2.57. The lowest BCUT2D eigenvalue weighted by molar-refractivity contribution is -0.133. The van der Waals surface area contributed by atoms with E-state index in [1.165, 1.54) is 6.07 Å². The van der Waals surface area contributed by atoms with Crippen LogP contribution in [0.2, 0.25) is 0 Å². The summed E-state index contributed by atoms with van der Waals surface area (Å²) in [4.78, 5) is 23.2. The van der Waals surface area contributed by atoms with Crippen molar-refractivity contribution >= 4 is 38.6 Å². The molecule has 0 aliphatic carbocycles. The maximum Gasteiger partial charge on any atom is 0.338 e. The zero-order valence-electron chi connectivity index (χ0n) is 12.5. The van der Waals surface area contributed by atoms with E-state index < -0.39 is 5.63 Å². The van der Waals surface area contributed by atoms with Gasteiger partial charge in [-0.25, -0.2) is 4.79 Å². The zero-order valence-corrected chi connectivity index (χ0v) is 14.1. The highest BCUT2D eigenvalue weighted by atomic mass is 79.9. The van der Waals surface area contributed by atoms with Crippen molar-refractivity contribution in [2.75, 3.05) is 5.73 Å². The molecule has 0 aliphatic rings. The molecule has 1 aromatic carbocycles. The third-order valence-electron chi connectivity index (χ3n) is 3.42. The van der Waals surface area contributed by atoms with Gasteiger partial charge in [-0.05, 0) is 25.5 Å². The highest BCUT2D eigenvalue weighted by molar-refractivity contribution is 9.10. The predicted molar refractivity (Wildman–Crippen MR) is 89.5 cm³/mol. The molecule has 1 atom stereocenters. The molecule has 0 aliphatic heterocycles. The van der Waals surface area contributed by atoms with E-state index in [1.54, 1.807) is 19.1 Å². The maximum atomic E-state index is 12.1. The molecule has 0 fully saturated rings. The summed E-state index contributed by atoms with van der Waals surface area (Å²) in [6.07, 6.45) is 2.66. The number of unbranched alkanes of at least 4 members (excludes halogenated alkanes) is 1. The maximum absolute atomic E-state index is 12.1. The second-order valence-corrected chi connectivity index (χ2v) is 6.22. The molecule has 1 aromatic heterocycles. The van der Waals surface area contributed by atoms with Crippen LogP contribution >= 0.6 is 15.9 Å². The van der Waals surface area contributed by atoms with Gasteiger partial charge in [-0.15, -0.1) is 0 Å². The van der Waals surface area contributed by atoms with Crippen LogP contribution in [0.15, 0.2) is 27.4 Å². The Morgan fingerprint density at radius 3 is 2.86 bits per heavy atom. The van der Waals surface area contributed by atoms with Crippen LogP contribution in [0.1, 0.15) is 31.7 Å². The van der Waals surface area contributed by atoms with E-state index in [1.807, 2.05) is 0 Å². The number of alkyl halides is 1. The molecule has 1 unspecified atom stereocenters. The Bertz CT molecular complexity index is 754. The quantitative estimate of drug-likeness (QED) is 0.378. The van der Waals surface area contributed by atoms with E-state index in [2.05, 4.69) is 22.9 Å². The van der Waals surface area contributed by atoms with Gasteiger partial charge in [-0.2, -0.15) is 0 Å². The predicted octanol–water partition coefficient (Wildman–Crippen LogP) is 3.54. The second-order valence-electron chi connectivity index (χ2n) is 5.12. The molecule has 0 saturated heterocycles. The van der Waals surface area contributed by atoms with Crippen molar-refractivity contribution < 1.29 is 13.9 Å². The van der Waals surface area contributed by atoms with Gasteiger partial charge in [0.25, 0.3) is 0 Å². The minimum atomic E-state index is -0.530. The molecule has 2 N–H and O–H groups in total. The molecule has 1 heterocycles. The molecular formula is C16H18BrNO4. The number of hydrogen-bond acceptors (Lipinski definition) is 5. The molecule has 2 rings (SSSR count). The molecule has 22 heavy (non-hydrogen) atoms. The van der Waals surface area contributed by atoms with Crippen LogP contribution in [0.4, 0.5) is 5.69 Å². The summed E-state index contributed by atoms with van der Waals surface area (Å²) >= 11 is 3.33. The Morgan fingerprint density at radius 2 is 2.18 bits per heavy atom. The van der Waals surface area contributed by atoms with Gasteiger partial charge >= 0.3 is 11.6 Å². The van der Waals surface area contributed by atoms with Crippen LogP contribution < -0.4 is 16.1 Å². The van der Waals surface area contributed by atoms with Crippen molar-refractivity contribution in [2.24, 2.45) is 0 Å². The monoisotopic (exact) mass is 367 g/mol. The number of nitrogen functional groups attached to an aromatic ring is 1. The van der Waals surface area contributed by atoms with E-state index in [4.69, 9.17) is 14.9 Å². The fraction of sp³-hybridized carbons (Fsp3) is 0.375. The number of hydrogen-bond donors (Lipinski definition) is 1. The lowest BCUT2D eigenvalue weighted by Crippen LogP contribution is -2.20. The zero-order chi connectivity index (χ0) is 16.3. The molecule has 0 saturated carbocycles. The third-order valence-corrected chi connectivity index (χ3v) is 4.25. The largest absolute Gasteiger partial charge is 0.425 e. The first-order chi connectivity index (χ1) is 10.4. The van der Waals surface area contributed by atoms with Crippen LogP contribution in [0.5, 0.6) is 5.75 Å². The Hall–Kier alpha value is -1.82. The molecule has 6 heteroatoms. The minimum Gasteiger partial charge on any atom is -0.425 e. The van der Waals surface area contributed by atoms with Gasteiger partial charge in [0, 0.05) is 22.7 Å². The van der Waals surface area contributed by atoms with Crippen molar-refractivity contribution in [3.8, 4) is 5.75 Å². The molecule has 118 valence electrons. The molecular weight excluding hydrogens is 350 g/mol. The van der Waals surface area contributed by atoms with Gasteiger partial charge in [0.05, 0.1) is 0 Å². The minimum absolute atomic E-state index is 0.341. The van der Waals surface area contributed by atoms with Gasteiger partial charge < -0.3 is 14.9 Å². The number of ether oxygens (including phenoxy) is 1. The average Bonchev–Trinajstić information content (AvgIpc) is 2.47. The summed E-state index contributed by atoms with van der Waals surface area (Å²) in [6.45, 7) is 3.79. The molecule has 0 spiro atoms. The Kier molecular flexibility index (Phi) is 5.24. The van der Waals surface area contributed by atoms with Crippen molar-refractivity contribution in [3.05, 3.63) is 34.2 Å². The number of fused-ring (bicyclic) bond motifs is 1. The molecule has 0 radical (unpaired) electrons. The number of carbonyl (C=O) groups is 1. The smallest absolute Gasteiger partial charge is 0.338 e. The average molecular weight is 368 g/mol. The lowest BCUT2D eigenvalue weighted by atomic mass is 10.1. The lowest BCUT2D eigenvalue weighted by Gasteiger charge is -2.12. The summed E-state index contributed by atoms with van der Waals surface area (Å²) < 4.78 is 10.6. The number of rotatable bonds is 5. The first kappa shape index (κ1) is 16.5. The van der Waals surface area contributed by atoms with E-state index >= 15 is 0 Å². The van der Waals surface area contributed by atoms with Gasteiger partial charge in [-0.3, -0.25) is 4.79 Å². The second kappa shape index (κ2) is 6.96. The summed E-state index contributed by atoms with van der Waals surface area (Å²) in [5.74, 6) is 0.00866. The molecule has 0 bridgehead atoms. The summed E-state index contributed by atoms with van der Waals surface area (Å²) in [5.41, 5.74) is 6.53. The number of esters is 1. The number of benzene rings is 1. The van der Waals surface area contributed by atoms with Gasteiger partial charge in [0.1, 0.15) is 16.2 Å². The van der Waals surface area contributed by atoms with Gasteiger partial charge in [0.15, 0.2) is 0 Å². The van der Waals surface area contributed by atoms with Crippen LogP contribution in [-0.2, 0) is 4.79 Å². The third kappa shape index (κ3) is 3.50. The van der Waals surface area contributed by atoms with Gasteiger partial charge in [-0.1, -0.05) is 35.7 Å². The van der Waals surface area contributed by atoms with Crippen LogP contribution in [0, 0.1) is 6.92 Å². The number of carbonyl (C=O) groups excluding carboxylic acids is 1. The van der Waals surface area contributed by atoms with Crippen molar-refractivity contribution in [2.45, 2.75) is 37.9 Å². The van der Waals surface area contributed by atoms with Crippen LogP contribution in [0.25, 0.3) is 11.0 Å².